The molecule has 0 spiro atoms. The Bertz CT molecular complexity index is 744. The fraction of sp³-hybridized carbons (Fsp3) is 0.444. The molecule has 1 aliphatic rings. The van der Waals surface area contributed by atoms with E-state index in [0.29, 0.717) is 32.1 Å². The maximum absolute atomic E-state index is 12.6. The summed E-state index contributed by atoms with van der Waals surface area (Å²) in [5.74, 6) is 0. The van der Waals surface area contributed by atoms with E-state index in [2.05, 4.69) is 31.7 Å². The average molecular weight is 423 g/mol. The summed E-state index contributed by atoms with van der Waals surface area (Å²) in [4.78, 5) is 12.6. The van der Waals surface area contributed by atoms with Gasteiger partial charge in [-0.25, -0.2) is 4.79 Å². The Morgan fingerprint density at radius 2 is 2.23 bits per heavy atom. The van der Waals surface area contributed by atoms with Crippen molar-refractivity contribution in [3.8, 4) is 0 Å². The molecule has 1 aromatic carbocycles. The highest BCUT2D eigenvalue weighted by atomic mass is 79.9. The summed E-state index contributed by atoms with van der Waals surface area (Å²) in [6.07, 6.45) is 4.87. The number of nitrogens with one attached hydrogen (secondary N) is 2. The van der Waals surface area contributed by atoms with Crippen LogP contribution in [0.2, 0.25) is 0 Å². The van der Waals surface area contributed by atoms with Crippen LogP contribution in [0.25, 0.3) is 0 Å². The molecule has 0 unspecified atom stereocenters. The van der Waals surface area contributed by atoms with E-state index < -0.39 is 5.54 Å². The van der Waals surface area contributed by atoms with Crippen LogP contribution in [-0.2, 0) is 21.6 Å². The number of nitrogens with zero attached hydrogens (tertiary/aromatic N) is 2. The van der Waals surface area contributed by atoms with E-state index in [9.17, 15) is 4.79 Å². The summed E-state index contributed by atoms with van der Waals surface area (Å²) in [6.45, 7) is 2.43. The Morgan fingerprint density at radius 1 is 1.42 bits per heavy atom. The largest absolute Gasteiger partial charge is 0.383 e. The topological polar surface area (TPSA) is 77.4 Å². The number of carbonyl (C=O) groups excluding carboxylic acids is 1. The van der Waals surface area contributed by atoms with Gasteiger partial charge in [-0.2, -0.15) is 5.10 Å². The lowest BCUT2D eigenvalue weighted by Crippen LogP contribution is -2.50. The normalized spacial score (nSPS) is 16.2. The molecule has 8 heteroatoms. The van der Waals surface area contributed by atoms with Gasteiger partial charge < -0.3 is 20.1 Å². The van der Waals surface area contributed by atoms with Crippen molar-refractivity contribution in [3.63, 3.8) is 0 Å². The van der Waals surface area contributed by atoms with Gasteiger partial charge in [0.1, 0.15) is 0 Å². The smallest absolute Gasteiger partial charge is 0.320 e. The Morgan fingerprint density at radius 3 is 2.96 bits per heavy atom. The maximum atomic E-state index is 12.6. The third-order valence-corrected chi connectivity index (χ3v) is 4.99. The van der Waals surface area contributed by atoms with E-state index in [1.54, 1.807) is 24.2 Å². The Hall–Kier alpha value is -1.90. The lowest BCUT2D eigenvalue weighted by Gasteiger charge is -2.38. The number of aromatic nitrogens is 2. The molecule has 0 aliphatic carbocycles. The minimum Gasteiger partial charge on any atom is -0.383 e. The molecule has 0 bridgehead atoms. The second kappa shape index (κ2) is 8.66. The first kappa shape index (κ1) is 18.9. The molecule has 1 aliphatic heterocycles. The molecule has 140 valence electrons. The summed E-state index contributed by atoms with van der Waals surface area (Å²) in [7, 11) is 1.64. The SMILES string of the molecule is COCCn1cc(NC(=O)NC2(c3cccc(Br)c3)CCOCC2)cn1. The van der Waals surface area contributed by atoms with Crippen LogP contribution in [0.15, 0.2) is 41.1 Å². The first-order chi connectivity index (χ1) is 12.6. The molecule has 1 saturated heterocycles. The number of hydrogen-bond donors (Lipinski definition) is 2. The van der Waals surface area contributed by atoms with Crippen molar-refractivity contribution in [2.75, 3.05) is 32.2 Å². The molecule has 2 amide bonds. The number of amides is 2. The van der Waals surface area contributed by atoms with Crippen LogP contribution in [0, 0.1) is 0 Å². The number of hydrogen-bond acceptors (Lipinski definition) is 4. The summed E-state index contributed by atoms with van der Waals surface area (Å²) >= 11 is 3.52. The highest BCUT2D eigenvalue weighted by Crippen LogP contribution is 2.33. The van der Waals surface area contributed by atoms with Gasteiger partial charge in [-0.15, -0.1) is 0 Å². The van der Waals surface area contributed by atoms with Gasteiger partial charge in [0.25, 0.3) is 0 Å². The molecular formula is C18H23BrN4O3. The van der Waals surface area contributed by atoms with Gasteiger partial charge in [-0.3, -0.25) is 4.68 Å². The zero-order valence-electron chi connectivity index (χ0n) is 14.7. The highest BCUT2D eigenvalue weighted by molar-refractivity contribution is 9.10. The van der Waals surface area contributed by atoms with E-state index in [1.165, 1.54) is 0 Å². The molecule has 0 saturated carbocycles. The molecule has 0 radical (unpaired) electrons. The van der Waals surface area contributed by atoms with Crippen molar-refractivity contribution >= 4 is 27.6 Å². The average Bonchev–Trinajstić information content (AvgIpc) is 3.08. The highest BCUT2D eigenvalue weighted by Gasteiger charge is 2.36. The van der Waals surface area contributed by atoms with Crippen molar-refractivity contribution in [3.05, 3.63) is 46.7 Å². The third kappa shape index (κ3) is 4.63. The number of halogens is 1. The van der Waals surface area contributed by atoms with Crippen LogP contribution in [0.1, 0.15) is 18.4 Å². The molecule has 1 aromatic heterocycles. The predicted octanol–water partition coefficient (Wildman–Crippen LogP) is 3.12. The van der Waals surface area contributed by atoms with Crippen molar-refractivity contribution < 1.29 is 14.3 Å². The molecule has 2 aromatic rings. The molecule has 0 atom stereocenters. The second-order valence-electron chi connectivity index (χ2n) is 6.27. The Kier molecular flexibility index (Phi) is 6.29. The molecule has 2 heterocycles. The second-order valence-corrected chi connectivity index (χ2v) is 7.18. The van der Waals surface area contributed by atoms with Gasteiger partial charge >= 0.3 is 6.03 Å². The molecule has 2 N–H and O–H groups in total. The minimum atomic E-state index is -0.446. The van der Waals surface area contributed by atoms with E-state index in [0.717, 1.165) is 22.9 Å². The van der Waals surface area contributed by atoms with Gasteiger partial charge in [0.15, 0.2) is 0 Å². The Labute approximate surface area is 161 Å². The molecular weight excluding hydrogens is 400 g/mol. The third-order valence-electron chi connectivity index (χ3n) is 4.49. The van der Waals surface area contributed by atoms with Crippen LogP contribution in [0.4, 0.5) is 10.5 Å². The van der Waals surface area contributed by atoms with Gasteiger partial charge in [0, 0.05) is 31.0 Å². The van der Waals surface area contributed by atoms with Crippen LogP contribution in [0.5, 0.6) is 0 Å². The fourth-order valence-corrected chi connectivity index (χ4v) is 3.51. The number of rotatable bonds is 6. The van der Waals surface area contributed by atoms with Crippen molar-refractivity contribution in [2.45, 2.75) is 24.9 Å². The summed E-state index contributed by atoms with van der Waals surface area (Å²) in [6, 6.07) is 7.80. The van der Waals surface area contributed by atoms with E-state index in [1.807, 2.05) is 24.3 Å². The number of benzene rings is 1. The van der Waals surface area contributed by atoms with E-state index >= 15 is 0 Å². The van der Waals surface area contributed by atoms with E-state index in [4.69, 9.17) is 9.47 Å². The summed E-state index contributed by atoms with van der Waals surface area (Å²) < 4.78 is 13.3. The number of carbonyl (C=O) groups is 1. The van der Waals surface area contributed by atoms with Crippen LogP contribution in [0.3, 0.4) is 0 Å². The molecule has 7 nitrogen and oxygen atoms in total. The van der Waals surface area contributed by atoms with Crippen LogP contribution in [-0.4, -0.2) is 42.7 Å². The lowest BCUT2D eigenvalue weighted by atomic mass is 9.83. The predicted molar refractivity (Wildman–Crippen MR) is 102 cm³/mol. The fourth-order valence-electron chi connectivity index (χ4n) is 3.11. The monoisotopic (exact) mass is 422 g/mol. The molecule has 26 heavy (non-hydrogen) atoms. The van der Waals surface area contributed by atoms with Crippen molar-refractivity contribution in [1.82, 2.24) is 15.1 Å². The number of methoxy groups -OCH3 is 1. The zero-order valence-corrected chi connectivity index (χ0v) is 16.3. The van der Waals surface area contributed by atoms with Crippen LogP contribution >= 0.6 is 15.9 Å². The van der Waals surface area contributed by atoms with Gasteiger partial charge in [0.2, 0.25) is 0 Å². The summed E-state index contributed by atoms with van der Waals surface area (Å²) in [5, 5.41) is 10.2. The molecule has 1 fully saturated rings. The first-order valence-electron chi connectivity index (χ1n) is 8.56. The van der Waals surface area contributed by atoms with Gasteiger partial charge in [-0.05, 0) is 30.5 Å². The first-order valence-corrected chi connectivity index (χ1v) is 9.35. The minimum absolute atomic E-state index is 0.252. The quantitative estimate of drug-likeness (QED) is 0.749. The van der Waals surface area contributed by atoms with Crippen LogP contribution < -0.4 is 10.6 Å². The van der Waals surface area contributed by atoms with Gasteiger partial charge in [-0.1, -0.05) is 28.1 Å². The number of anilines is 1. The van der Waals surface area contributed by atoms with E-state index in [-0.39, 0.29) is 6.03 Å². The number of ether oxygens (including phenoxy) is 2. The standard InChI is InChI=1S/C18H23BrN4O3/c1-25-10-7-23-13-16(12-20-23)21-17(24)22-18(5-8-26-9-6-18)14-3-2-4-15(19)11-14/h2-4,11-13H,5-10H2,1H3,(H2,21,22,24). The Balaban J connectivity index is 1.70. The summed E-state index contributed by atoms with van der Waals surface area (Å²) in [5.41, 5.74) is 1.27. The molecule has 3 rings (SSSR count). The van der Waals surface area contributed by atoms with Crippen molar-refractivity contribution in [2.24, 2.45) is 0 Å². The number of urea groups is 1. The van der Waals surface area contributed by atoms with Crippen molar-refractivity contribution in [1.29, 1.82) is 0 Å². The van der Waals surface area contributed by atoms with Gasteiger partial charge in [0.05, 0.1) is 30.6 Å². The lowest BCUT2D eigenvalue weighted by molar-refractivity contribution is 0.0418. The zero-order chi connectivity index (χ0) is 18.4. The maximum Gasteiger partial charge on any atom is 0.320 e.